The van der Waals surface area contributed by atoms with Gasteiger partial charge in [-0.1, -0.05) is 18.2 Å². The van der Waals surface area contributed by atoms with E-state index >= 15 is 0 Å². The number of nitrogens with two attached hydrogens (primary N) is 1. The Balaban J connectivity index is 1.48. The molecule has 0 aromatic heterocycles. The molecule has 3 N–H and O–H groups in total. The van der Waals surface area contributed by atoms with Crippen molar-refractivity contribution >= 4 is 11.6 Å². The molecule has 108 valence electrons. The highest BCUT2D eigenvalue weighted by Gasteiger charge is 2.41. The lowest BCUT2D eigenvalue weighted by Gasteiger charge is -2.19. The molecule has 4 heteroatoms. The van der Waals surface area contributed by atoms with Crippen LogP contribution in [0.5, 0.6) is 0 Å². The van der Waals surface area contributed by atoms with Gasteiger partial charge in [0.2, 0.25) is 5.91 Å². The highest BCUT2D eigenvalue weighted by atomic mass is 16.5. The van der Waals surface area contributed by atoms with Crippen LogP contribution in [0, 0.1) is 5.92 Å². The number of anilines is 1. The first-order valence-electron chi connectivity index (χ1n) is 7.48. The third-order valence-corrected chi connectivity index (χ3v) is 4.25. The van der Waals surface area contributed by atoms with Crippen molar-refractivity contribution in [2.45, 2.75) is 44.2 Å². The van der Waals surface area contributed by atoms with Crippen molar-refractivity contribution in [3.8, 4) is 0 Å². The maximum atomic E-state index is 12.1. The Kier molecular flexibility index (Phi) is 3.92. The van der Waals surface area contributed by atoms with Crippen LogP contribution < -0.4 is 11.1 Å². The number of hydrogen-bond acceptors (Lipinski definition) is 3. The van der Waals surface area contributed by atoms with Gasteiger partial charge in [-0.25, -0.2) is 0 Å². The maximum Gasteiger partial charge on any atom is 0.220 e. The molecule has 1 aliphatic carbocycles. The number of carbonyl (C=O) groups is 1. The van der Waals surface area contributed by atoms with Gasteiger partial charge in [0.1, 0.15) is 0 Å². The molecule has 1 saturated carbocycles. The Morgan fingerprint density at radius 2 is 2.10 bits per heavy atom. The van der Waals surface area contributed by atoms with Gasteiger partial charge in [0.15, 0.2) is 0 Å². The summed E-state index contributed by atoms with van der Waals surface area (Å²) < 4.78 is 5.74. The molecule has 1 heterocycles. The van der Waals surface area contributed by atoms with Gasteiger partial charge in [-0.05, 0) is 43.2 Å². The first kappa shape index (κ1) is 13.4. The molecule has 1 aromatic carbocycles. The first-order chi connectivity index (χ1) is 9.74. The Bertz CT molecular complexity index is 485. The minimum Gasteiger partial charge on any atom is -0.399 e. The number of carbonyl (C=O) groups excluding carboxylic acids is 1. The molecule has 0 spiro atoms. The molecule has 0 radical (unpaired) electrons. The number of nitrogens with one attached hydrogen (secondary N) is 1. The minimum atomic E-state index is 0.106. The zero-order valence-corrected chi connectivity index (χ0v) is 11.7. The van der Waals surface area contributed by atoms with Gasteiger partial charge in [-0.2, -0.15) is 0 Å². The standard InChI is InChI=1S/C16H22N2O2/c17-13-4-2-1-3-11(13)7-8-15(19)18-14-9-10-20-16(14)12-5-6-12/h1-4,12,14,16H,5-10,17H2,(H,18,19). The van der Waals surface area contributed by atoms with Crippen molar-refractivity contribution in [3.63, 3.8) is 0 Å². The zero-order valence-electron chi connectivity index (χ0n) is 11.7. The summed E-state index contributed by atoms with van der Waals surface area (Å²) in [6.45, 7) is 0.776. The number of ether oxygens (including phenoxy) is 1. The van der Waals surface area contributed by atoms with Crippen molar-refractivity contribution in [3.05, 3.63) is 29.8 Å². The van der Waals surface area contributed by atoms with Crippen LogP contribution in [0.3, 0.4) is 0 Å². The lowest BCUT2D eigenvalue weighted by Crippen LogP contribution is -2.41. The van der Waals surface area contributed by atoms with Crippen LogP contribution in [-0.4, -0.2) is 24.7 Å². The molecule has 20 heavy (non-hydrogen) atoms. The molecule has 1 amide bonds. The number of para-hydroxylation sites is 1. The second kappa shape index (κ2) is 5.83. The monoisotopic (exact) mass is 274 g/mol. The Morgan fingerprint density at radius 3 is 2.85 bits per heavy atom. The Labute approximate surface area is 119 Å². The third-order valence-electron chi connectivity index (χ3n) is 4.25. The van der Waals surface area contributed by atoms with E-state index in [1.165, 1.54) is 12.8 Å². The summed E-state index contributed by atoms with van der Waals surface area (Å²) >= 11 is 0. The molecule has 1 saturated heterocycles. The van der Waals surface area contributed by atoms with E-state index in [0.29, 0.717) is 18.8 Å². The summed E-state index contributed by atoms with van der Waals surface area (Å²) in [5.74, 6) is 0.780. The van der Waals surface area contributed by atoms with E-state index < -0.39 is 0 Å². The quantitative estimate of drug-likeness (QED) is 0.806. The van der Waals surface area contributed by atoms with E-state index in [9.17, 15) is 4.79 Å². The normalized spacial score (nSPS) is 25.6. The topological polar surface area (TPSA) is 64.4 Å². The first-order valence-corrected chi connectivity index (χ1v) is 7.48. The van der Waals surface area contributed by atoms with E-state index in [1.807, 2.05) is 24.3 Å². The van der Waals surface area contributed by atoms with Crippen molar-refractivity contribution in [1.82, 2.24) is 5.32 Å². The molecule has 0 bridgehead atoms. The fourth-order valence-corrected chi connectivity index (χ4v) is 2.94. The predicted molar refractivity (Wildman–Crippen MR) is 78.2 cm³/mol. The summed E-state index contributed by atoms with van der Waals surface area (Å²) in [7, 11) is 0. The molecule has 2 fully saturated rings. The van der Waals surface area contributed by atoms with Crippen LogP contribution in [0.4, 0.5) is 5.69 Å². The lowest BCUT2D eigenvalue weighted by atomic mass is 10.0. The highest BCUT2D eigenvalue weighted by molar-refractivity contribution is 5.76. The van der Waals surface area contributed by atoms with Crippen LogP contribution in [-0.2, 0) is 16.0 Å². The minimum absolute atomic E-state index is 0.106. The summed E-state index contributed by atoms with van der Waals surface area (Å²) in [4.78, 5) is 12.1. The fraction of sp³-hybridized carbons (Fsp3) is 0.562. The summed E-state index contributed by atoms with van der Waals surface area (Å²) in [5, 5.41) is 3.14. The smallest absolute Gasteiger partial charge is 0.220 e. The number of rotatable bonds is 5. The molecular formula is C16H22N2O2. The Hall–Kier alpha value is -1.55. The number of nitrogen functional groups attached to an aromatic ring is 1. The molecule has 2 atom stereocenters. The summed E-state index contributed by atoms with van der Waals surface area (Å²) in [6, 6.07) is 7.94. The maximum absolute atomic E-state index is 12.1. The number of hydrogen-bond donors (Lipinski definition) is 2. The largest absolute Gasteiger partial charge is 0.399 e. The lowest BCUT2D eigenvalue weighted by molar-refractivity contribution is -0.122. The second-order valence-corrected chi connectivity index (χ2v) is 5.83. The van der Waals surface area contributed by atoms with Crippen molar-refractivity contribution in [2.24, 2.45) is 5.92 Å². The average molecular weight is 274 g/mol. The van der Waals surface area contributed by atoms with Crippen LogP contribution in [0.15, 0.2) is 24.3 Å². The van der Waals surface area contributed by atoms with Crippen molar-refractivity contribution < 1.29 is 9.53 Å². The van der Waals surface area contributed by atoms with Crippen LogP contribution in [0.2, 0.25) is 0 Å². The molecule has 4 nitrogen and oxygen atoms in total. The second-order valence-electron chi connectivity index (χ2n) is 5.83. The number of amides is 1. The van der Waals surface area contributed by atoms with Gasteiger partial charge in [0.05, 0.1) is 12.1 Å². The van der Waals surface area contributed by atoms with Crippen molar-refractivity contribution in [1.29, 1.82) is 0 Å². The van der Waals surface area contributed by atoms with Crippen LogP contribution >= 0.6 is 0 Å². The van der Waals surface area contributed by atoms with E-state index in [4.69, 9.17) is 10.5 Å². The van der Waals surface area contributed by atoms with Gasteiger partial charge in [0, 0.05) is 18.7 Å². The molecule has 1 aliphatic heterocycles. The molecule has 2 aliphatic rings. The number of benzene rings is 1. The molecule has 2 unspecified atom stereocenters. The van der Waals surface area contributed by atoms with Crippen LogP contribution in [0.25, 0.3) is 0 Å². The highest BCUT2D eigenvalue weighted by Crippen LogP contribution is 2.38. The Morgan fingerprint density at radius 1 is 1.30 bits per heavy atom. The number of aryl methyl sites for hydroxylation is 1. The third kappa shape index (κ3) is 3.12. The van der Waals surface area contributed by atoms with Gasteiger partial charge in [-0.15, -0.1) is 0 Å². The molecule has 1 aromatic rings. The summed E-state index contributed by atoms with van der Waals surface area (Å²) in [6.07, 6.45) is 4.87. The van der Waals surface area contributed by atoms with E-state index in [0.717, 1.165) is 24.3 Å². The van der Waals surface area contributed by atoms with Crippen LogP contribution in [0.1, 0.15) is 31.2 Å². The zero-order chi connectivity index (χ0) is 13.9. The van der Waals surface area contributed by atoms with E-state index in [2.05, 4.69) is 5.32 Å². The fourth-order valence-electron chi connectivity index (χ4n) is 2.94. The van der Waals surface area contributed by atoms with Gasteiger partial charge < -0.3 is 15.8 Å². The van der Waals surface area contributed by atoms with Gasteiger partial charge in [0.25, 0.3) is 0 Å². The van der Waals surface area contributed by atoms with Crippen molar-refractivity contribution in [2.75, 3.05) is 12.3 Å². The van der Waals surface area contributed by atoms with E-state index in [1.54, 1.807) is 0 Å². The van der Waals surface area contributed by atoms with Gasteiger partial charge >= 0.3 is 0 Å². The van der Waals surface area contributed by atoms with Gasteiger partial charge in [-0.3, -0.25) is 4.79 Å². The predicted octanol–water partition coefficient (Wildman–Crippen LogP) is 1.89. The molecular weight excluding hydrogens is 252 g/mol. The summed E-state index contributed by atoms with van der Waals surface area (Å²) in [5.41, 5.74) is 7.70. The van der Waals surface area contributed by atoms with E-state index in [-0.39, 0.29) is 18.1 Å². The average Bonchev–Trinajstić information content (AvgIpc) is 3.19. The SMILES string of the molecule is Nc1ccccc1CCC(=O)NC1CCOC1C1CC1. The molecule has 3 rings (SSSR count).